The summed E-state index contributed by atoms with van der Waals surface area (Å²) in [5.41, 5.74) is 2.15. The molecule has 0 aliphatic heterocycles. The summed E-state index contributed by atoms with van der Waals surface area (Å²) in [6.07, 6.45) is 0.373. The van der Waals surface area contributed by atoms with Crippen LogP contribution in [0.1, 0.15) is 34.8 Å². The Labute approximate surface area is 124 Å². The van der Waals surface area contributed by atoms with Gasteiger partial charge in [-0.3, -0.25) is 9.59 Å². The Kier molecular flexibility index (Phi) is 6.99. The highest BCUT2D eigenvalue weighted by Gasteiger charge is 2.09. The second kappa shape index (κ2) is 8.77. The van der Waals surface area contributed by atoms with Crippen molar-refractivity contribution in [2.45, 2.75) is 20.3 Å². The first-order valence-electron chi connectivity index (χ1n) is 6.77. The fourth-order valence-electron chi connectivity index (χ4n) is 1.68. The van der Waals surface area contributed by atoms with E-state index in [2.05, 4.69) is 22.5 Å². The number of benzene rings is 1. The molecule has 0 aliphatic rings. The van der Waals surface area contributed by atoms with Crippen molar-refractivity contribution in [1.82, 2.24) is 10.6 Å². The predicted octanol–water partition coefficient (Wildman–Crippen LogP) is 0.595. The number of carbonyl (C=O) groups excluding carboxylic acids is 2. The zero-order valence-electron chi connectivity index (χ0n) is 12.3. The molecule has 0 spiro atoms. The van der Waals surface area contributed by atoms with Gasteiger partial charge in [-0.15, -0.1) is 0 Å². The van der Waals surface area contributed by atoms with Crippen molar-refractivity contribution >= 4 is 11.8 Å². The molecule has 0 heterocycles. The lowest BCUT2D eigenvalue weighted by molar-refractivity contribution is -0.118. The Hall–Kier alpha value is -2.32. The number of hydrogen-bond donors (Lipinski definition) is 3. The van der Waals surface area contributed by atoms with Crippen molar-refractivity contribution in [2.24, 2.45) is 0 Å². The van der Waals surface area contributed by atoms with Gasteiger partial charge >= 0.3 is 0 Å². The quantitative estimate of drug-likeness (QED) is 0.548. The van der Waals surface area contributed by atoms with Crippen LogP contribution in [0.5, 0.6) is 0 Å². The van der Waals surface area contributed by atoms with Crippen molar-refractivity contribution in [3.8, 4) is 11.8 Å². The van der Waals surface area contributed by atoms with E-state index >= 15 is 0 Å². The molecule has 2 amide bonds. The first kappa shape index (κ1) is 16.7. The lowest BCUT2D eigenvalue weighted by Crippen LogP contribution is -2.33. The van der Waals surface area contributed by atoms with Gasteiger partial charge in [0, 0.05) is 32.0 Å². The van der Waals surface area contributed by atoms with E-state index in [9.17, 15) is 9.59 Å². The van der Waals surface area contributed by atoms with Crippen LogP contribution in [0.2, 0.25) is 0 Å². The van der Waals surface area contributed by atoms with Gasteiger partial charge in [-0.2, -0.15) is 0 Å². The molecule has 0 saturated heterocycles. The van der Waals surface area contributed by atoms with Crippen LogP contribution < -0.4 is 10.6 Å². The van der Waals surface area contributed by atoms with Crippen LogP contribution in [-0.2, 0) is 4.79 Å². The van der Waals surface area contributed by atoms with E-state index in [1.807, 2.05) is 19.1 Å². The molecule has 112 valence electrons. The lowest BCUT2D eigenvalue weighted by atomic mass is 10.0. The molecular formula is C16H20N2O3. The van der Waals surface area contributed by atoms with Gasteiger partial charge in [0.25, 0.3) is 5.91 Å². The van der Waals surface area contributed by atoms with E-state index in [1.54, 1.807) is 6.07 Å². The first-order chi connectivity index (χ1) is 10.0. The van der Waals surface area contributed by atoms with Crippen LogP contribution >= 0.6 is 0 Å². The number of carbonyl (C=O) groups is 2. The largest absolute Gasteiger partial charge is 0.395 e. The molecule has 21 heavy (non-hydrogen) atoms. The minimum Gasteiger partial charge on any atom is -0.395 e. The van der Waals surface area contributed by atoms with Gasteiger partial charge in [-0.1, -0.05) is 17.9 Å². The SMILES string of the molecule is CC(=O)NCCNC(=O)c1ccc(C)cc1C#CCCO. The van der Waals surface area contributed by atoms with E-state index < -0.39 is 0 Å². The van der Waals surface area contributed by atoms with E-state index in [4.69, 9.17) is 5.11 Å². The highest BCUT2D eigenvalue weighted by atomic mass is 16.2. The first-order valence-corrected chi connectivity index (χ1v) is 6.77. The third-order valence-corrected chi connectivity index (χ3v) is 2.66. The summed E-state index contributed by atoms with van der Waals surface area (Å²) in [6, 6.07) is 5.42. The second-order valence-electron chi connectivity index (χ2n) is 4.56. The number of hydrogen-bond acceptors (Lipinski definition) is 3. The fourth-order valence-corrected chi connectivity index (χ4v) is 1.68. The number of rotatable bonds is 5. The molecule has 0 radical (unpaired) electrons. The van der Waals surface area contributed by atoms with Crippen LogP contribution in [0, 0.1) is 18.8 Å². The normalized spacial score (nSPS) is 9.48. The number of aliphatic hydroxyl groups is 1. The van der Waals surface area contributed by atoms with E-state index in [0.717, 1.165) is 5.56 Å². The number of aryl methyl sites for hydroxylation is 1. The van der Waals surface area contributed by atoms with Crippen molar-refractivity contribution in [1.29, 1.82) is 0 Å². The van der Waals surface area contributed by atoms with Gasteiger partial charge < -0.3 is 15.7 Å². The van der Waals surface area contributed by atoms with E-state index in [0.29, 0.717) is 30.6 Å². The molecule has 3 N–H and O–H groups in total. The maximum absolute atomic E-state index is 12.1. The standard InChI is InChI=1S/C16H20N2O3/c1-12-6-7-15(14(11-12)5-3-4-10-19)16(21)18-9-8-17-13(2)20/h6-7,11,19H,4,8-10H2,1-2H3,(H,17,20)(H,18,21). The number of nitrogens with one attached hydrogen (secondary N) is 2. The lowest BCUT2D eigenvalue weighted by Gasteiger charge is -2.08. The zero-order chi connectivity index (χ0) is 15.7. The molecule has 0 bridgehead atoms. The van der Waals surface area contributed by atoms with Gasteiger partial charge in [0.05, 0.1) is 12.2 Å². The maximum Gasteiger partial charge on any atom is 0.252 e. The molecule has 0 aliphatic carbocycles. The molecule has 5 nitrogen and oxygen atoms in total. The smallest absolute Gasteiger partial charge is 0.252 e. The maximum atomic E-state index is 12.1. The summed E-state index contributed by atoms with van der Waals surface area (Å²) in [6.45, 7) is 4.09. The van der Waals surface area contributed by atoms with Crippen molar-refractivity contribution in [2.75, 3.05) is 19.7 Å². The monoisotopic (exact) mass is 288 g/mol. The molecule has 1 rings (SSSR count). The summed E-state index contributed by atoms with van der Waals surface area (Å²) in [5, 5.41) is 14.1. The Balaban J connectivity index is 2.74. The van der Waals surface area contributed by atoms with Gasteiger partial charge in [0.2, 0.25) is 5.91 Å². The molecule has 1 aromatic carbocycles. The van der Waals surface area contributed by atoms with Crippen molar-refractivity contribution in [3.05, 3.63) is 34.9 Å². The highest BCUT2D eigenvalue weighted by Crippen LogP contribution is 2.10. The topological polar surface area (TPSA) is 78.4 Å². The van der Waals surface area contributed by atoms with Gasteiger partial charge in [-0.05, 0) is 24.6 Å². The summed E-state index contributed by atoms with van der Waals surface area (Å²) >= 11 is 0. The molecule has 0 unspecified atom stereocenters. The Bertz CT molecular complexity index is 571. The van der Waals surface area contributed by atoms with Gasteiger partial charge in [0.1, 0.15) is 0 Å². The molecule has 0 atom stereocenters. The highest BCUT2D eigenvalue weighted by molar-refractivity contribution is 5.96. The van der Waals surface area contributed by atoms with Crippen molar-refractivity contribution < 1.29 is 14.7 Å². The minimum atomic E-state index is -0.228. The van der Waals surface area contributed by atoms with Crippen LogP contribution in [-0.4, -0.2) is 36.6 Å². The minimum absolute atomic E-state index is 0.00292. The van der Waals surface area contributed by atoms with Crippen molar-refractivity contribution in [3.63, 3.8) is 0 Å². The Morgan fingerprint density at radius 2 is 1.95 bits per heavy atom. The molecule has 0 fully saturated rings. The molecule has 0 saturated carbocycles. The Morgan fingerprint density at radius 3 is 2.62 bits per heavy atom. The van der Waals surface area contributed by atoms with Crippen LogP contribution in [0.25, 0.3) is 0 Å². The fraction of sp³-hybridized carbons (Fsp3) is 0.375. The van der Waals surface area contributed by atoms with Crippen LogP contribution in [0.15, 0.2) is 18.2 Å². The summed E-state index contributed by atoms with van der Waals surface area (Å²) < 4.78 is 0. The van der Waals surface area contributed by atoms with Crippen LogP contribution in [0.3, 0.4) is 0 Å². The number of aliphatic hydroxyl groups excluding tert-OH is 1. The molecule has 1 aromatic rings. The summed E-state index contributed by atoms with van der Waals surface area (Å²) in [4.78, 5) is 22.8. The van der Waals surface area contributed by atoms with E-state index in [1.165, 1.54) is 6.92 Å². The molecule has 5 heteroatoms. The third kappa shape index (κ3) is 6.11. The predicted molar refractivity (Wildman–Crippen MR) is 80.8 cm³/mol. The molecule has 0 aromatic heterocycles. The van der Waals surface area contributed by atoms with E-state index in [-0.39, 0.29) is 18.4 Å². The van der Waals surface area contributed by atoms with Gasteiger partial charge in [0.15, 0.2) is 0 Å². The van der Waals surface area contributed by atoms with Gasteiger partial charge in [-0.25, -0.2) is 0 Å². The van der Waals surface area contributed by atoms with Crippen LogP contribution in [0.4, 0.5) is 0 Å². The second-order valence-corrected chi connectivity index (χ2v) is 4.56. The number of amides is 2. The average Bonchev–Trinajstić information content (AvgIpc) is 2.43. The Morgan fingerprint density at radius 1 is 1.24 bits per heavy atom. The average molecular weight is 288 g/mol. The summed E-state index contributed by atoms with van der Waals surface area (Å²) in [7, 11) is 0. The third-order valence-electron chi connectivity index (χ3n) is 2.66. The summed E-state index contributed by atoms with van der Waals surface area (Å²) in [5.74, 6) is 5.37. The zero-order valence-corrected chi connectivity index (χ0v) is 12.3. The molecular weight excluding hydrogens is 268 g/mol.